The quantitative estimate of drug-likeness (QED) is 0.778. The molecule has 0 aromatic carbocycles. The van der Waals surface area contributed by atoms with E-state index in [-0.39, 0.29) is 9.20 Å². The molecular formula is C10H17N3O2S3. The Morgan fingerprint density at radius 2 is 1.94 bits per heavy atom. The van der Waals surface area contributed by atoms with Crippen LogP contribution in [0.25, 0.3) is 0 Å². The van der Waals surface area contributed by atoms with Crippen LogP contribution in [0.5, 0.6) is 0 Å². The Bertz CT molecular complexity index is 522. The normalized spacial score (nSPS) is 12.3. The topological polar surface area (TPSA) is 66.6 Å². The molecule has 0 aliphatic carbocycles. The van der Waals surface area contributed by atoms with E-state index in [4.69, 9.17) is 18.0 Å². The van der Waals surface area contributed by atoms with Gasteiger partial charge < -0.3 is 10.6 Å². The highest BCUT2D eigenvalue weighted by molar-refractivity contribution is 7.91. The highest BCUT2D eigenvalue weighted by Crippen LogP contribution is 2.24. The lowest BCUT2D eigenvalue weighted by atomic mass is 10.5. The van der Waals surface area contributed by atoms with Gasteiger partial charge in [0.1, 0.15) is 9.20 Å². The predicted octanol–water partition coefficient (Wildman–Crippen LogP) is 0.564. The summed E-state index contributed by atoms with van der Waals surface area (Å²) in [6, 6.07) is 3.18. The van der Waals surface area contributed by atoms with E-state index in [1.54, 1.807) is 19.2 Å². The van der Waals surface area contributed by atoms with Gasteiger partial charge in [0.2, 0.25) is 0 Å². The number of sulfonamides is 1. The molecule has 0 unspecified atom stereocenters. The Balaban J connectivity index is 2.87. The van der Waals surface area contributed by atoms with Crippen molar-refractivity contribution in [1.29, 1.82) is 0 Å². The van der Waals surface area contributed by atoms with Gasteiger partial charge in [0, 0.05) is 20.1 Å². The molecular weight excluding hydrogens is 290 g/mol. The van der Waals surface area contributed by atoms with E-state index in [9.17, 15) is 8.42 Å². The van der Waals surface area contributed by atoms with Crippen LogP contribution in [0.3, 0.4) is 0 Å². The minimum atomic E-state index is -3.44. The number of nitrogens with zero attached hydrogens (tertiary/aromatic N) is 2. The third kappa shape index (κ3) is 3.72. The summed E-state index contributed by atoms with van der Waals surface area (Å²) in [5, 5.41) is 0. The molecule has 0 saturated carbocycles. The van der Waals surface area contributed by atoms with Crippen molar-refractivity contribution in [3.05, 3.63) is 17.0 Å². The van der Waals surface area contributed by atoms with Crippen molar-refractivity contribution in [2.24, 2.45) is 5.73 Å². The first-order valence-corrected chi connectivity index (χ1v) is 7.92. The van der Waals surface area contributed by atoms with Crippen LogP contribution in [0.4, 0.5) is 0 Å². The first kappa shape index (κ1) is 15.5. The zero-order valence-corrected chi connectivity index (χ0v) is 13.0. The molecule has 0 amide bonds. The molecule has 0 spiro atoms. The second kappa shape index (κ2) is 6.07. The Hall–Kier alpha value is -0.540. The van der Waals surface area contributed by atoms with Gasteiger partial charge in [-0.3, -0.25) is 0 Å². The molecule has 1 rings (SSSR count). The zero-order valence-electron chi connectivity index (χ0n) is 10.6. The van der Waals surface area contributed by atoms with Gasteiger partial charge >= 0.3 is 0 Å². The van der Waals surface area contributed by atoms with E-state index in [0.717, 1.165) is 11.3 Å². The second-order valence-corrected chi connectivity index (χ2v) is 7.91. The average Bonchev–Trinajstić information content (AvgIpc) is 2.75. The summed E-state index contributed by atoms with van der Waals surface area (Å²) in [7, 11) is 1.93. The maximum absolute atomic E-state index is 12.2. The van der Waals surface area contributed by atoms with Gasteiger partial charge in [0.05, 0.1) is 4.88 Å². The summed E-state index contributed by atoms with van der Waals surface area (Å²) in [6.07, 6.45) is 0. The minimum absolute atomic E-state index is 0.220. The third-order valence-electron chi connectivity index (χ3n) is 2.35. The van der Waals surface area contributed by atoms with Crippen molar-refractivity contribution >= 4 is 38.6 Å². The molecule has 0 aliphatic heterocycles. The van der Waals surface area contributed by atoms with E-state index in [1.807, 2.05) is 19.0 Å². The van der Waals surface area contributed by atoms with Crippen molar-refractivity contribution in [1.82, 2.24) is 9.21 Å². The SMILES string of the molecule is CN(C)CCN(C)S(=O)(=O)c1ccc(C(N)=S)s1. The van der Waals surface area contributed by atoms with Crippen LogP contribution in [0.2, 0.25) is 0 Å². The second-order valence-electron chi connectivity index (χ2n) is 4.11. The van der Waals surface area contributed by atoms with E-state index in [2.05, 4.69) is 0 Å². The number of likely N-dealkylation sites (N-methyl/N-ethyl adjacent to an activating group) is 2. The summed E-state index contributed by atoms with van der Waals surface area (Å²) < 4.78 is 26.0. The highest BCUT2D eigenvalue weighted by atomic mass is 32.2. The fourth-order valence-electron chi connectivity index (χ4n) is 1.21. The van der Waals surface area contributed by atoms with Gasteiger partial charge in [-0.1, -0.05) is 12.2 Å². The monoisotopic (exact) mass is 307 g/mol. The van der Waals surface area contributed by atoms with Crippen molar-refractivity contribution in [2.75, 3.05) is 34.2 Å². The summed E-state index contributed by atoms with van der Waals surface area (Å²) >= 11 is 5.92. The Kier molecular flexibility index (Phi) is 5.23. The summed E-state index contributed by atoms with van der Waals surface area (Å²) in [6.45, 7) is 1.11. The van der Waals surface area contributed by atoms with E-state index >= 15 is 0 Å². The van der Waals surface area contributed by atoms with Gasteiger partial charge in [0.15, 0.2) is 0 Å². The van der Waals surface area contributed by atoms with Crippen LogP contribution < -0.4 is 5.73 Å². The highest BCUT2D eigenvalue weighted by Gasteiger charge is 2.22. The molecule has 18 heavy (non-hydrogen) atoms. The summed E-state index contributed by atoms with van der Waals surface area (Å²) in [5.41, 5.74) is 5.47. The van der Waals surface area contributed by atoms with Crippen LogP contribution in [0.15, 0.2) is 16.3 Å². The molecule has 0 aliphatic rings. The summed E-state index contributed by atoms with van der Waals surface area (Å²) in [4.78, 5) is 2.77. The fraction of sp³-hybridized carbons (Fsp3) is 0.500. The number of hydrogen-bond acceptors (Lipinski definition) is 5. The van der Waals surface area contributed by atoms with Crippen LogP contribution in [0, 0.1) is 0 Å². The van der Waals surface area contributed by atoms with Crippen molar-refractivity contribution < 1.29 is 8.42 Å². The molecule has 1 heterocycles. The molecule has 2 N–H and O–H groups in total. The molecule has 1 aromatic rings. The van der Waals surface area contributed by atoms with Crippen LogP contribution in [-0.4, -0.2) is 56.8 Å². The zero-order chi connectivity index (χ0) is 13.9. The Morgan fingerprint density at radius 3 is 2.39 bits per heavy atom. The molecule has 0 radical (unpaired) electrons. The van der Waals surface area contributed by atoms with Crippen LogP contribution in [0.1, 0.15) is 4.88 Å². The van der Waals surface area contributed by atoms with Gasteiger partial charge in [-0.2, -0.15) is 4.31 Å². The molecule has 1 aromatic heterocycles. The van der Waals surface area contributed by atoms with Gasteiger partial charge in [0.25, 0.3) is 10.0 Å². The van der Waals surface area contributed by atoms with Crippen molar-refractivity contribution in [2.45, 2.75) is 4.21 Å². The van der Waals surface area contributed by atoms with Gasteiger partial charge in [-0.05, 0) is 26.2 Å². The first-order chi connectivity index (χ1) is 8.25. The standard InChI is InChI=1S/C10H17N3O2S3/c1-12(2)6-7-13(3)18(14,15)9-5-4-8(17-9)10(11)16/h4-5H,6-7H2,1-3H3,(H2,11,16). The van der Waals surface area contributed by atoms with Crippen molar-refractivity contribution in [3.8, 4) is 0 Å². The van der Waals surface area contributed by atoms with E-state index in [1.165, 1.54) is 4.31 Å². The molecule has 102 valence electrons. The predicted molar refractivity (Wildman–Crippen MR) is 78.6 cm³/mol. The lowest BCUT2D eigenvalue weighted by Crippen LogP contribution is -2.33. The fourth-order valence-corrected chi connectivity index (χ4v) is 3.93. The Labute approximate surface area is 117 Å². The number of hydrogen-bond donors (Lipinski definition) is 1. The maximum Gasteiger partial charge on any atom is 0.252 e. The minimum Gasteiger partial charge on any atom is -0.389 e. The van der Waals surface area contributed by atoms with Gasteiger partial charge in [-0.15, -0.1) is 11.3 Å². The molecule has 5 nitrogen and oxygen atoms in total. The third-order valence-corrected chi connectivity index (χ3v) is 6.14. The number of thiophene rings is 1. The van der Waals surface area contributed by atoms with E-state index in [0.29, 0.717) is 18.0 Å². The molecule has 0 atom stereocenters. The maximum atomic E-state index is 12.2. The lowest BCUT2D eigenvalue weighted by Gasteiger charge is -2.18. The van der Waals surface area contributed by atoms with Crippen LogP contribution >= 0.6 is 23.6 Å². The lowest BCUT2D eigenvalue weighted by molar-refractivity contribution is 0.359. The molecule has 8 heteroatoms. The number of nitrogens with two attached hydrogens (primary N) is 1. The molecule has 0 fully saturated rings. The smallest absolute Gasteiger partial charge is 0.252 e. The number of thiocarbonyl (C=S) groups is 1. The average molecular weight is 307 g/mol. The van der Waals surface area contributed by atoms with Crippen LogP contribution in [-0.2, 0) is 10.0 Å². The Morgan fingerprint density at radius 1 is 1.33 bits per heavy atom. The van der Waals surface area contributed by atoms with E-state index < -0.39 is 10.0 Å². The first-order valence-electron chi connectivity index (χ1n) is 5.26. The summed E-state index contributed by atoms with van der Waals surface area (Å²) in [5.74, 6) is 0. The molecule has 0 bridgehead atoms. The van der Waals surface area contributed by atoms with Crippen molar-refractivity contribution in [3.63, 3.8) is 0 Å². The molecule has 0 saturated heterocycles. The number of rotatable bonds is 6. The van der Waals surface area contributed by atoms with Gasteiger partial charge in [-0.25, -0.2) is 8.42 Å². The largest absolute Gasteiger partial charge is 0.389 e.